The summed E-state index contributed by atoms with van der Waals surface area (Å²) in [6.07, 6.45) is 0.708. The summed E-state index contributed by atoms with van der Waals surface area (Å²) in [6.45, 7) is 6.92. The molecule has 1 aromatic rings. The summed E-state index contributed by atoms with van der Waals surface area (Å²) in [6, 6.07) is 1.94. The van der Waals surface area contributed by atoms with Crippen molar-refractivity contribution in [1.82, 2.24) is 4.90 Å². The number of thiophene rings is 1. The van der Waals surface area contributed by atoms with E-state index >= 15 is 0 Å². The minimum Gasteiger partial charge on any atom is -0.386 e. The fourth-order valence-electron chi connectivity index (χ4n) is 1.87. The van der Waals surface area contributed by atoms with E-state index in [0.717, 1.165) is 4.88 Å². The molecule has 0 bridgehead atoms. The third-order valence-electron chi connectivity index (χ3n) is 3.29. The van der Waals surface area contributed by atoms with Gasteiger partial charge in [0.25, 0.3) is 5.91 Å². The average molecular weight is 239 g/mol. The first kappa shape index (κ1) is 11.6. The van der Waals surface area contributed by atoms with Gasteiger partial charge >= 0.3 is 0 Å². The van der Waals surface area contributed by atoms with Crippen LogP contribution < -0.4 is 0 Å². The molecule has 0 aliphatic carbocycles. The Balaban J connectivity index is 2.05. The smallest absolute Gasteiger partial charge is 0.264 e. The topological polar surface area (TPSA) is 40.5 Å². The van der Waals surface area contributed by atoms with Gasteiger partial charge < -0.3 is 10.0 Å². The van der Waals surface area contributed by atoms with Crippen LogP contribution in [0.4, 0.5) is 0 Å². The van der Waals surface area contributed by atoms with E-state index in [4.69, 9.17) is 0 Å². The van der Waals surface area contributed by atoms with E-state index < -0.39 is 5.60 Å². The number of likely N-dealkylation sites (tertiary alicyclic amines) is 1. The van der Waals surface area contributed by atoms with Gasteiger partial charge in [-0.15, -0.1) is 11.3 Å². The number of carbonyl (C=O) groups is 1. The van der Waals surface area contributed by atoms with Gasteiger partial charge in [-0.25, -0.2) is 0 Å². The Hall–Kier alpha value is -0.870. The first-order valence-electron chi connectivity index (χ1n) is 5.54. The maximum Gasteiger partial charge on any atom is 0.264 e. The van der Waals surface area contributed by atoms with Crippen LogP contribution in [-0.2, 0) is 0 Å². The van der Waals surface area contributed by atoms with E-state index in [1.54, 1.807) is 4.90 Å². The number of hydrogen-bond acceptors (Lipinski definition) is 3. The van der Waals surface area contributed by atoms with Gasteiger partial charge in [0.1, 0.15) is 0 Å². The summed E-state index contributed by atoms with van der Waals surface area (Å²) in [5.74, 6) is 0.0549. The zero-order valence-corrected chi connectivity index (χ0v) is 10.7. The number of carbonyl (C=O) groups excluding carboxylic acids is 1. The monoisotopic (exact) mass is 239 g/mol. The molecule has 0 aromatic carbocycles. The molecule has 88 valence electrons. The molecule has 0 atom stereocenters. The van der Waals surface area contributed by atoms with E-state index in [1.165, 1.54) is 21.8 Å². The lowest BCUT2D eigenvalue weighted by Gasteiger charge is -2.45. The van der Waals surface area contributed by atoms with Crippen molar-refractivity contribution in [3.8, 4) is 0 Å². The molecule has 1 amide bonds. The van der Waals surface area contributed by atoms with Crippen molar-refractivity contribution in [3.63, 3.8) is 0 Å². The lowest BCUT2D eigenvalue weighted by molar-refractivity contribution is -0.0824. The first-order valence-corrected chi connectivity index (χ1v) is 6.35. The normalized spacial score (nSPS) is 18.4. The van der Waals surface area contributed by atoms with Crippen LogP contribution in [0.5, 0.6) is 0 Å². The predicted octanol–water partition coefficient (Wildman–Crippen LogP) is 1.96. The molecule has 3 nitrogen and oxygen atoms in total. The van der Waals surface area contributed by atoms with Gasteiger partial charge in [-0.2, -0.15) is 0 Å². The van der Waals surface area contributed by atoms with Gasteiger partial charge in [0, 0.05) is 4.88 Å². The Morgan fingerprint density at radius 3 is 2.62 bits per heavy atom. The predicted molar refractivity (Wildman–Crippen MR) is 64.9 cm³/mol. The lowest BCUT2D eigenvalue weighted by atomic mass is 9.91. The Morgan fingerprint density at radius 1 is 1.56 bits per heavy atom. The van der Waals surface area contributed by atoms with Crippen molar-refractivity contribution in [1.29, 1.82) is 0 Å². The van der Waals surface area contributed by atoms with E-state index in [1.807, 2.05) is 26.8 Å². The van der Waals surface area contributed by atoms with Gasteiger partial charge in [0.15, 0.2) is 0 Å². The van der Waals surface area contributed by atoms with Crippen LogP contribution in [0.2, 0.25) is 0 Å². The third kappa shape index (κ3) is 1.87. The third-order valence-corrected chi connectivity index (χ3v) is 4.43. The van der Waals surface area contributed by atoms with Crippen LogP contribution in [0, 0.1) is 13.8 Å². The summed E-state index contributed by atoms with van der Waals surface area (Å²) in [4.78, 5) is 15.7. The Bertz CT molecular complexity index is 399. The maximum atomic E-state index is 12.0. The highest BCUT2D eigenvalue weighted by molar-refractivity contribution is 7.14. The number of amides is 1. The standard InChI is InChI=1S/C12H17NO2S/c1-4-12(15)6-13(7-12)11(14)10-5-8(2)9(3)16-10/h5,15H,4,6-7H2,1-3H3. The van der Waals surface area contributed by atoms with Crippen molar-refractivity contribution in [2.75, 3.05) is 13.1 Å². The second kappa shape index (κ2) is 3.86. The molecule has 2 rings (SSSR count). The second-order valence-electron chi connectivity index (χ2n) is 4.59. The molecule has 0 saturated carbocycles. The minimum absolute atomic E-state index is 0.0549. The summed E-state index contributed by atoms with van der Waals surface area (Å²) in [7, 11) is 0. The maximum absolute atomic E-state index is 12.0. The van der Waals surface area contributed by atoms with Crippen LogP contribution in [0.3, 0.4) is 0 Å². The number of hydrogen-bond donors (Lipinski definition) is 1. The fourth-order valence-corrected chi connectivity index (χ4v) is 2.87. The summed E-state index contributed by atoms with van der Waals surface area (Å²) in [5, 5.41) is 9.85. The molecule has 4 heteroatoms. The summed E-state index contributed by atoms with van der Waals surface area (Å²) < 4.78 is 0. The van der Waals surface area contributed by atoms with Gasteiger partial charge in [-0.3, -0.25) is 4.79 Å². The van der Waals surface area contributed by atoms with Gasteiger partial charge in [0.05, 0.1) is 23.6 Å². The molecular formula is C12H17NO2S. The molecule has 1 aromatic heterocycles. The average Bonchev–Trinajstić information content (AvgIpc) is 2.53. The number of aryl methyl sites for hydroxylation is 2. The molecule has 1 saturated heterocycles. The van der Waals surface area contributed by atoms with E-state index in [9.17, 15) is 9.90 Å². The largest absolute Gasteiger partial charge is 0.386 e. The molecule has 0 unspecified atom stereocenters. The molecule has 1 aliphatic heterocycles. The van der Waals surface area contributed by atoms with Gasteiger partial charge in [-0.05, 0) is 31.9 Å². The van der Waals surface area contributed by atoms with Crippen LogP contribution in [0.25, 0.3) is 0 Å². The second-order valence-corrected chi connectivity index (χ2v) is 5.85. The number of β-amino-alcohol motifs (C(OH)–C–C–N with tert-alkyl or cyclic N) is 1. The highest BCUT2D eigenvalue weighted by atomic mass is 32.1. The highest BCUT2D eigenvalue weighted by Crippen LogP contribution is 2.28. The number of nitrogens with zero attached hydrogens (tertiary/aromatic N) is 1. The van der Waals surface area contributed by atoms with E-state index in [-0.39, 0.29) is 5.91 Å². The van der Waals surface area contributed by atoms with E-state index in [0.29, 0.717) is 19.5 Å². The lowest BCUT2D eigenvalue weighted by Crippen LogP contribution is -2.63. The SMILES string of the molecule is CCC1(O)CN(C(=O)c2cc(C)c(C)s2)C1. The quantitative estimate of drug-likeness (QED) is 0.857. The molecule has 0 radical (unpaired) electrons. The molecule has 1 fully saturated rings. The van der Waals surface area contributed by atoms with E-state index in [2.05, 4.69) is 0 Å². The van der Waals surface area contributed by atoms with Crippen molar-refractivity contribution >= 4 is 17.2 Å². The van der Waals surface area contributed by atoms with Gasteiger partial charge in [0.2, 0.25) is 0 Å². The minimum atomic E-state index is -0.642. The summed E-state index contributed by atoms with van der Waals surface area (Å²) in [5.41, 5.74) is 0.524. The number of rotatable bonds is 2. The van der Waals surface area contributed by atoms with Crippen LogP contribution >= 0.6 is 11.3 Å². The first-order chi connectivity index (χ1) is 7.45. The van der Waals surface area contributed by atoms with Crippen molar-refractivity contribution in [3.05, 3.63) is 21.4 Å². The highest BCUT2D eigenvalue weighted by Gasteiger charge is 2.42. The molecular weight excluding hydrogens is 222 g/mol. The summed E-state index contributed by atoms with van der Waals surface area (Å²) >= 11 is 1.53. The van der Waals surface area contributed by atoms with Crippen molar-refractivity contribution in [2.45, 2.75) is 32.8 Å². The molecule has 1 N–H and O–H groups in total. The van der Waals surface area contributed by atoms with Crippen molar-refractivity contribution < 1.29 is 9.90 Å². The Kier molecular flexibility index (Phi) is 2.80. The van der Waals surface area contributed by atoms with Gasteiger partial charge in [-0.1, -0.05) is 6.92 Å². The zero-order valence-electron chi connectivity index (χ0n) is 9.91. The van der Waals surface area contributed by atoms with Crippen LogP contribution in [-0.4, -0.2) is 34.6 Å². The Labute approximate surface area is 99.7 Å². The Morgan fingerprint density at radius 2 is 2.19 bits per heavy atom. The molecule has 2 heterocycles. The zero-order chi connectivity index (χ0) is 11.9. The molecule has 16 heavy (non-hydrogen) atoms. The number of aliphatic hydroxyl groups is 1. The van der Waals surface area contributed by atoms with Crippen LogP contribution in [0.15, 0.2) is 6.07 Å². The molecule has 0 spiro atoms. The molecule has 1 aliphatic rings. The van der Waals surface area contributed by atoms with Crippen molar-refractivity contribution in [2.24, 2.45) is 0 Å². The fraction of sp³-hybridized carbons (Fsp3) is 0.583. The van der Waals surface area contributed by atoms with Crippen LogP contribution in [0.1, 0.15) is 33.5 Å².